The maximum atomic E-state index is 12.7. The standard InChI is InChI=1S/C20H24N2O3/c1-14(16-6-4-3-5-7-16)20(24)22-11-8-17(9-12-22)21-19(23)18-10-13-25-15(18)2/h3-7,10,13-14,17H,8-9,11-12H2,1-2H3,(H,21,23)/t14-/m1/s1. The molecule has 1 aliphatic heterocycles. The molecule has 0 aliphatic carbocycles. The molecule has 0 radical (unpaired) electrons. The van der Waals surface area contributed by atoms with Gasteiger partial charge in [0.2, 0.25) is 5.91 Å². The molecule has 3 rings (SSSR count). The normalized spacial score (nSPS) is 16.5. The van der Waals surface area contributed by atoms with Crippen molar-refractivity contribution in [1.29, 1.82) is 0 Å². The van der Waals surface area contributed by atoms with E-state index in [0.717, 1.165) is 18.4 Å². The number of hydrogen-bond acceptors (Lipinski definition) is 3. The van der Waals surface area contributed by atoms with Crippen LogP contribution < -0.4 is 5.32 Å². The van der Waals surface area contributed by atoms with E-state index in [0.29, 0.717) is 24.4 Å². The highest BCUT2D eigenvalue weighted by atomic mass is 16.3. The number of piperidine rings is 1. The fourth-order valence-corrected chi connectivity index (χ4v) is 3.29. The van der Waals surface area contributed by atoms with Crippen molar-refractivity contribution in [1.82, 2.24) is 10.2 Å². The van der Waals surface area contributed by atoms with Crippen molar-refractivity contribution < 1.29 is 14.0 Å². The molecule has 2 heterocycles. The third-order valence-corrected chi connectivity index (χ3v) is 4.92. The molecule has 0 bridgehead atoms. The number of carbonyl (C=O) groups is 2. The third kappa shape index (κ3) is 3.92. The lowest BCUT2D eigenvalue weighted by atomic mass is 9.97. The van der Waals surface area contributed by atoms with Gasteiger partial charge in [0.1, 0.15) is 5.76 Å². The molecular formula is C20H24N2O3. The van der Waals surface area contributed by atoms with Gasteiger partial charge < -0.3 is 14.6 Å². The first kappa shape index (κ1) is 17.3. The summed E-state index contributed by atoms with van der Waals surface area (Å²) in [6, 6.07) is 11.6. The first-order chi connectivity index (χ1) is 12.1. The Morgan fingerprint density at radius 3 is 2.44 bits per heavy atom. The van der Waals surface area contributed by atoms with Crippen LogP contribution in [0.5, 0.6) is 0 Å². The van der Waals surface area contributed by atoms with Gasteiger partial charge in [-0.1, -0.05) is 30.3 Å². The van der Waals surface area contributed by atoms with Gasteiger partial charge >= 0.3 is 0 Å². The average Bonchev–Trinajstić information content (AvgIpc) is 3.08. The summed E-state index contributed by atoms with van der Waals surface area (Å²) in [7, 11) is 0. The van der Waals surface area contributed by atoms with Crippen LogP contribution in [0.4, 0.5) is 0 Å². The molecule has 1 aliphatic rings. The molecular weight excluding hydrogens is 316 g/mol. The van der Waals surface area contributed by atoms with Crippen LogP contribution in [0.15, 0.2) is 47.1 Å². The van der Waals surface area contributed by atoms with Crippen LogP contribution in [0.25, 0.3) is 0 Å². The van der Waals surface area contributed by atoms with E-state index in [-0.39, 0.29) is 23.8 Å². The number of nitrogens with one attached hydrogen (secondary N) is 1. The molecule has 2 amide bonds. The van der Waals surface area contributed by atoms with Gasteiger partial charge in [0, 0.05) is 19.1 Å². The predicted molar refractivity (Wildman–Crippen MR) is 95.4 cm³/mol. The highest BCUT2D eigenvalue weighted by Gasteiger charge is 2.27. The van der Waals surface area contributed by atoms with Crippen LogP contribution in [-0.2, 0) is 4.79 Å². The van der Waals surface area contributed by atoms with E-state index < -0.39 is 0 Å². The van der Waals surface area contributed by atoms with Crippen LogP contribution in [0.3, 0.4) is 0 Å². The van der Waals surface area contributed by atoms with Crippen molar-refractivity contribution in [3.8, 4) is 0 Å². The van der Waals surface area contributed by atoms with Crippen LogP contribution in [0.2, 0.25) is 0 Å². The Morgan fingerprint density at radius 2 is 1.84 bits per heavy atom. The summed E-state index contributed by atoms with van der Waals surface area (Å²) in [5.74, 6) is 0.540. The summed E-state index contributed by atoms with van der Waals surface area (Å²) in [5.41, 5.74) is 1.62. The summed E-state index contributed by atoms with van der Waals surface area (Å²) >= 11 is 0. The quantitative estimate of drug-likeness (QED) is 0.930. The lowest BCUT2D eigenvalue weighted by Gasteiger charge is -2.34. The molecule has 1 saturated heterocycles. The van der Waals surface area contributed by atoms with E-state index in [1.807, 2.05) is 42.2 Å². The molecule has 2 aromatic rings. The zero-order valence-corrected chi connectivity index (χ0v) is 14.7. The van der Waals surface area contributed by atoms with Gasteiger partial charge in [-0.25, -0.2) is 0 Å². The minimum atomic E-state index is -0.138. The highest BCUT2D eigenvalue weighted by Crippen LogP contribution is 2.21. The largest absolute Gasteiger partial charge is 0.469 e. The van der Waals surface area contributed by atoms with E-state index in [4.69, 9.17) is 4.42 Å². The number of furan rings is 1. The maximum absolute atomic E-state index is 12.7. The third-order valence-electron chi connectivity index (χ3n) is 4.92. The summed E-state index contributed by atoms with van der Waals surface area (Å²) in [4.78, 5) is 26.8. The molecule has 5 nitrogen and oxygen atoms in total. The molecule has 0 saturated carbocycles. The molecule has 5 heteroatoms. The number of hydrogen-bond donors (Lipinski definition) is 1. The maximum Gasteiger partial charge on any atom is 0.255 e. The number of benzene rings is 1. The van der Waals surface area contributed by atoms with Gasteiger partial charge in [-0.05, 0) is 38.3 Å². The highest BCUT2D eigenvalue weighted by molar-refractivity contribution is 5.95. The van der Waals surface area contributed by atoms with E-state index >= 15 is 0 Å². The molecule has 0 spiro atoms. The van der Waals surface area contributed by atoms with Gasteiger partial charge in [0.25, 0.3) is 5.91 Å². The molecule has 1 aromatic heterocycles. The number of likely N-dealkylation sites (tertiary alicyclic amines) is 1. The number of amides is 2. The lowest BCUT2D eigenvalue weighted by molar-refractivity contribution is -0.133. The van der Waals surface area contributed by atoms with Crippen molar-refractivity contribution in [2.24, 2.45) is 0 Å². The van der Waals surface area contributed by atoms with Crippen molar-refractivity contribution in [3.63, 3.8) is 0 Å². The Balaban J connectivity index is 1.52. The second kappa shape index (κ2) is 7.55. The van der Waals surface area contributed by atoms with Crippen molar-refractivity contribution in [2.45, 2.75) is 38.6 Å². The second-order valence-electron chi connectivity index (χ2n) is 6.60. The Kier molecular flexibility index (Phi) is 5.22. The van der Waals surface area contributed by atoms with Crippen LogP contribution >= 0.6 is 0 Å². The van der Waals surface area contributed by atoms with Crippen molar-refractivity contribution in [2.75, 3.05) is 13.1 Å². The summed E-state index contributed by atoms with van der Waals surface area (Å²) in [6.07, 6.45) is 3.07. The number of aryl methyl sites for hydroxylation is 1. The molecule has 25 heavy (non-hydrogen) atoms. The predicted octanol–water partition coefficient (Wildman–Crippen LogP) is 3.11. The Morgan fingerprint density at radius 1 is 1.16 bits per heavy atom. The number of carbonyl (C=O) groups excluding carboxylic acids is 2. The van der Waals surface area contributed by atoms with Crippen molar-refractivity contribution in [3.05, 3.63) is 59.5 Å². The summed E-state index contributed by atoms with van der Waals surface area (Å²) in [5, 5.41) is 3.05. The fraction of sp³-hybridized carbons (Fsp3) is 0.400. The van der Waals surface area contributed by atoms with E-state index in [9.17, 15) is 9.59 Å². The monoisotopic (exact) mass is 340 g/mol. The minimum absolute atomic E-state index is 0.0953. The Labute approximate surface area is 148 Å². The van der Waals surface area contributed by atoms with E-state index in [2.05, 4.69) is 5.32 Å². The molecule has 1 N–H and O–H groups in total. The molecule has 132 valence electrons. The molecule has 1 atom stereocenters. The second-order valence-corrected chi connectivity index (χ2v) is 6.60. The SMILES string of the molecule is Cc1occc1C(=O)NC1CCN(C(=O)[C@H](C)c2ccccc2)CC1. The van der Waals surface area contributed by atoms with E-state index in [1.54, 1.807) is 13.0 Å². The molecule has 1 aromatic carbocycles. The van der Waals surface area contributed by atoms with Crippen molar-refractivity contribution >= 4 is 11.8 Å². The zero-order valence-electron chi connectivity index (χ0n) is 14.7. The first-order valence-electron chi connectivity index (χ1n) is 8.75. The Bertz CT molecular complexity index is 730. The lowest BCUT2D eigenvalue weighted by Crippen LogP contribution is -2.47. The minimum Gasteiger partial charge on any atom is -0.469 e. The van der Waals surface area contributed by atoms with Gasteiger partial charge in [-0.15, -0.1) is 0 Å². The average molecular weight is 340 g/mol. The topological polar surface area (TPSA) is 62.6 Å². The zero-order chi connectivity index (χ0) is 17.8. The summed E-state index contributed by atoms with van der Waals surface area (Å²) in [6.45, 7) is 5.07. The van der Waals surface area contributed by atoms with Gasteiger partial charge in [0.05, 0.1) is 17.7 Å². The first-order valence-corrected chi connectivity index (χ1v) is 8.75. The Hall–Kier alpha value is -2.56. The van der Waals surface area contributed by atoms with Crippen LogP contribution in [0.1, 0.15) is 47.4 Å². The molecule has 1 fully saturated rings. The van der Waals surface area contributed by atoms with Crippen LogP contribution in [-0.4, -0.2) is 35.8 Å². The van der Waals surface area contributed by atoms with Gasteiger partial charge in [-0.3, -0.25) is 9.59 Å². The number of rotatable bonds is 4. The smallest absolute Gasteiger partial charge is 0.255 e. The van der Waals surface area contributed by atoms with E-state index in [1.165, 1.54) is 6.26 Å². The fourth-order valence-electron chi connectivity index (χ4n) is 3.29. The van der Waals surface area contributed by atoms with Gasteiger partial charge in [0.15, 0.2) is 0 Å². The summed E-state index contributed by atoms with van der Waals surface area (Å²) < 4.78 is 5.18. The number of nitrogens with zero attached hydrogens (tertiary/aromatic N) is 1. The van der Waals surface area contributed by atoms with Crippen LogP contribution in [0, 0.1) is 6.92 Å². The van der Waals surface area contributed by atoms with Gasteiger partial charge in [-0.2, -0.15) is 0 Å². The molecule has 0 unspecified atom stereocenters.